The second kappa shape index (κ2) is 7.79. The van der Waals surface area contributed by atoms with Gasteiger partial charge < -0.3 is 5.32 Å². The van der Waals surface area contributed by atoms with Crippen molar-refractivity contribution in [1.29, 1.82) is 0 Å². The van der Waals surface area contributed by atoms with Crippen molar-refractivity contribution in [2.45, 2.75) is 33.5 Å². The molecule has 0 unspecified atom stereocenters. The maximum Gasteiger partial charge on any atom is 0.416 e. The van der Waals surface area contributed by atoms with Crippen LogP contribution in [0.3, 0.4) is 0 Å². The second-order valence-electron chi connectivity index (χ2n) is 6.57. The number of hydrogen-bond donors (Lipinski definition) is 1. The predicted octanol–water partition coefficient (Wildman–Crippen LogP) is 4.77. The molecule has 3 aromatic heterocycles. The third-order valence-electron chi connectivity index (χ3n) is 3.80. The van der Waals surface area contributed by atoms with Gasteiger partial charge in [-0.25, -0.2) is 14.6 Å². The van der Waals surface area contributed by atoms with Crippen molar-refractivity contribution < 1.29 is 13.2 Å². The number of anilines is 2. The lowest BCUT2D eigenvalue weighted by Gasteiger charge is -2.10. The maximum atomic E-state index is 12.9. The highest BCUT2D eigenvalue weighted by Gasteiger charge is 2.30. The fraction of sp³-hybridized carbons (Fsp3) is 0.263. The Morgan fingerprint density at radius 1 is 1.14 bits per heavy atom. The van der Waals surface area contributed by atoms with E-state index in [2.05, 4.69) is 25.6 Å². The Balaban J connectivity index is 1.85. The number of alkyl halides is 3. The largest absolute Gasteiger partial charge is 0.416 e. The molecule has 28 heavy (non-hydrogen) atoms. The normalized spacial score (nSPS) is 11.4. The molecule has 0 fully saturated rings. The molecule has 0 aliphatic carbocycles. The minimum Gasteiger partial charge on any atom is -0.325 e. The van der Waals surface area contributed by atoms with Gasteiger partial charge in [-0.2, -0.15) is 13.2 Å². The highest BCUT2D eigenvalue weighted by atomic mass is 19.4. The summed E-state index contributed by atoms with van der Waals surface area (Å²) in [7, 11) is 0. The third kappa shape index (κ3) is 4.93. The average Bonchev–Trinajstić information content (AvgIpc) is 3.08. The number of nitrogens with one attached hydrogen (secondary N) is 1. The molecule has 6 nitrogen and oxygen atoms in total. The highest BCUT2D eigenvalue weighted by molar-refractivity contribution is 5.61. The Bertz CT molecular complexity index is 1000. The van der Waals surface area contributed by atoms with Gasteiger partial charge in [0, 0.05) is 6.20 Å². The zero-order valence-corrected chi connectivity index (χ0v) is 15.6. The van der Waals surface area contributed by atoms with Crippen molar-refractivity contribution >= 4 is 11.6 Å². The molecule has 3 aromatic rings. The summed E-state index contributed by atoms with van der Waals surface area (Å²) in [5.74, 6) is 0.437. The quantitative estimate of drug-likeness (QED) is 0.638. The lowest BCUT2D eigenvalue weighted by molar-refractivity contribution is -0.137. The first kappa shape index (κ1) is 19.5. The second-order valence-corrected chi connectivity index (χ2v) is 6.57. The van der Waals surface area contributed by atoms with E-state index in [0.717, 1.165) is 23.9 Å². The highest BCUT2D eigenvalue weighted by Crippen LogP contribution is 2.30. The molecular weight excluding hydrogens is 369 g/mol. The first-order chi connectivity index (χ1) is 13.2. The fourth-order valence-electron chi connectivity index (χ4n) is 2.45. The van der Waals surface area contributed by atoms with Gasteiger partial charge in [0.15, 0.2) is 0 Å². The number of aromatic nitrogens is 5. The van der Waals surface area contributed by atoms with Crippen LogP contribution in [0.4, 0.5) is 24.8 Å². The van der Waals surface area contributed by atoms with Crippen LogP contribution in [0, 0.1) is 6.92 Å². The molecule has 0 aliphatic rings. The maximum absolute atomic E-state index is 12.9. The van der Waals surface area contributed by atoms with Crippen molar-refractivity contribution in [3.63, 3.8) is 0 Å². The van der Waals surface area contributed by atoms with Crippen LogP contribution in [-0.4, -0.2) is 25.0 Å². The van der Waals surface area contributed by atoms with Gasteiger partial charge in [0.05, 0.1) is 24.0 Å². The smallest absolute Gasteiger partial charge is 0.325 e. The SMILES string of the molecule is CC(C)=CCn1cc(-c2cc(C)cc(Nc3cc(C(F)(F)F)ccn3)n2)nn1. The number of rotatable bonds is 5. The third-order valence-corrected chi connectivity index (χ3v) is 3.80. The number of pyridine rings is 2. The lowest BCUT2D eigenvalue weighted by Crippen LogP contribution is -2.06. The molecule has 146 valence electrons. The van der Waals surface area contributed by atoms with Crippen LogP contribution in [0.5, 0.6) is 0 Å². The standard InChI is InChI=1S/C19H19F3N6/c1-12(2)5-7-28-11-16(26-27-28)15-8-13(3)9-18(24-15)25-17-10-14(4-6-23-17)19(20,21)22/h4-6,8-11H,7H2,1-3H3,(H,23,24,25). The van der Waals surface area contributed by atoms with Crippen LogP contribution >= 0.6 is 0 Å². The van der Waals surface area contributed by atoms with Crippen LogP contribution < -0.4 is 5.32 Å². The molecule has 0 spiro atoms. The topological polar surface area (TPSA) is 68.5 Å². The zero-order chi connectivity index (χ0) is 20.3. The van der Waals surface area contributed by atoms with Crippen LogP contribution in [-0.2, 0) is 12.7 Å². The number of halogens is 3. The van der Waals surface area contributed by atoms with Gasteiger partial charge in [0.25, 0.3) is 0 Å². The van der Waals surface area contributed by atoms with Crippen LogP contribution in [0.1, 0.15) is 25.0 Å². The molecule has 3 rings (SSSR count). The molecule has 0 aliphatic heterocycles. The molecule has 1 N–H and O–H groups in total. The van der Waals surface area contributed by atoms with Crippen LogP contribution in [0.2, 0.25) is 0 Å². The monoisotopic (exact) mass is 388 g/mol. The Hall–Kier alpha value is -3.23. The van der Waals surface area contributed by atoms with Gasteiger partial charge in [-0.15, -0.1) is 5.10 Å². The first-order valence-corrected chi connectivity index (χ1v) is 8.53. The van der Waals surface area contributed by atoms with Crippen molar-refractivity contribution in [3.8, 4) is 11.4 Å². The average molecular weight is 388 g/mol. The summed E-state index contributed by atoms with van der Waals surface area (Å²) in [5.41, 5.74) is 2.41. The fourth-order valence-corrected chi connectivity index (χ4v) is 2.45. The Labute approximate surface area is 160 Å². The molecule has 0 amide bonds. The zero-order valence-electron chi connectivity index (χ0n) is 15.6. The van der Waals surface area contributed by atoms with Crippen LogP contribution in [0.15, 0.2) is 48.3 Å². The van der Waals surface area contributed by atoms with E-state index in [1.54, 1.807) is 16.9 Å². The number of hydrogen-bond acceptors (Lipinski definition) is 5. The molecule has 0 saturated carbocycles. The summed E-state index contributed by atoms with van der Waals surface area (Å²) in [4.78, 5) is 8.37. The van der Waals surface area contributed by atoms with Gasteiger partial charge in [-0.3, -0.25) is 0 Å². The molecule has 3 heterocycles. The van der Waals surface area contributed by atoms with E-state index < -0.39 is 11.7 Å². The van der Waals surface area contributed by atoms with E-state index in [0.29, 0.717) is 23.8 Å². The van der Waals surface area contributed by atoms with Crippen molar-refractivity contribution in [1.82, 2.24) is 25.0 Å². The summed E-state index contributed by atoms with van der Waals surface area (Å²) in [6.45, 7) is 6.46. The van der Waals surface area contributed by atoms with E-state index in [4.69, 9.17) is 0 Å². The minimum atomic E-state index is -4.44. The van der Waals surface area contributed by atoms with E-state index in [-0.39, 0.29) is 5.82 Å². The molecule has 0 bridgehead atoms. The van der Waals surface area contributed by atoms with Gasteiger partial charge in [0.1, 0.15) is 17.3 Å². The Morgan fingerprint density at radius 3 is 2.64 bits per heavy atom. The van der Waals surface area contributed by atoms with Gasteiger partial charge in [-0.05, 0) is 50.6 Å². The first-order valence-electron chi connectivity index (χ1n) is 8.53. The summed E-state index contributed by atoms with van der Waals surface area (Å²) in [6, 6.07) is 5.42. The minimum absolute atomic E-state index is 0.0612. The summed E-state index contributed by atoms with van der Waals surface area (Å²) in [6.07, 6.45) is 0.465. The molecule has 9 heteroatoms. The summed E-state index contributed by atoms with van der Waals surface area (Å²) in [5, 5.41) is 11.0. The van der Waals surface area contributed by atoms with Crippen molar-refractivity contribution in [3.05, 3.63) is 59.4 Å². The summed E-state index contributed by atoms with van der Waals surface area (Å²) >= 11 is 0. The van der Waals surface area contributed by atoms with Crippen molar-refractivity contribution in [2.75, 3.05) is 5.32 Å². The molecule has 0 atom stereocenters. The van der Waals surface area contributed by atoms with Crippen molar-refractivity contribution in [2.24, 2.45) is 0 Å². The van der Waals surface area contributed by atoms with E-state index in [9.17, 15) is 13.2 Å². The van der Waals surface area contributed by atoms with E-state index >= 15 is 0 Å². The number of allylic oxidation sites excluding steroid dienone is 2. The van der Waals surface area contributed by atoms with Crippen LogP contribution in [0.25, 0.3) is 11.4 Å². The Kier molecular flexibility index (Phi) is 5.43. The van der Waals surface area contributed by atoms with Gasteiger partial charge >= 0.3 is 6.18 Å². The summed E-state index contributed by atoms with van der Waals surface area (Å²) < 4.78 is 40.3. The lowest BCUT2D eigenvalue weighted by atomic mass is 10.2. The number of aryl methyl sites for hydroxylation is 1. The molecule has 0 aromatic carbocycles. The predicted molar refractivity (Wildman–Crippen MR) is 99.9 cm³/mol. The Morgan fingerprint density at radius 2 is 1.93 bits per heavy atom. The van der Waals surface area contributed by atoms with E-state index in [1.165, 1.54) is 5.57 Å². The molecule has 0 radical (unpaired) electrons. The van der Waals surface area contributed by atoms with E-state index in [1.807, 2.05) is 32.9 Å². The molecular formula is C19H19F3N6. The van der Waals surface area contributed by atoms with Gasteiger partial charge in [-0.1, -0.05) is 16.9 Å². The number of nitrogens with zero attached hydrogens (tertiary/aromatic N) is 5. The van der Waals surface area contributed by atoms with Gasteiger partial charge in [0.2, 0.25) is 0 Å². The molecule has 0 saturated heterocycles.